The number of aryl methyl sites for hydroxylation is 3. The number of anilines is 2. The van der Waals surface area contributed by atoms with E-state index in [2.05, 4.69) is 30.1 Å². The lowest BCUT2D eigenvalue weighted by Gasteiger charge is -2.32. The summed E-state index contributed by atoms with van der Waals surface area (Å²) >= 11 is 0. The summed E-state index contributed by atoms with van der Waals surface area (Å²) in [5.74, 6) is 1.21. The molecule has 0 atom stereocenters. The summed E-state index contributed by atoms with van der Waals surface area (Å²) in [6.45, 7) is 5.83. The van der Waals surface area contributed by atoms with Crippen LogP contribution in [0.1, 0.15) is 48.1 Å². The maximum Gasteiger partial charge on any atom is 0.227 e. The maximum absolute atomic E-state index is 12.9. The highest BCUT2D eigenvalue weighted by molar-refractivity contribution is 5.93. The molecule has 2 aromatic heterocycles. The van der Waals surface area contributed by atoms with Crippen molar-refractivity contribution in [2.24, 2.45) is 5.92 Å². The van der Waals surface area contributed by atoms with Crippen molar-refractivity contribution in [2.75, 3.05) is 23.3 Å². The molecule has 1 aliphatic carbocycles. The largest absolute Gasteiger partial charge is 0.355 e. The van der Waals surface area contributed by atoms with Gasteiger partial charge in [0.1, 0.15) is 5.52 Å². The third-order valence-electron chi connectivity index (χ3n) is 6.83. The number of hydrogen-bond acceptors (Lipinski definition) is 4. The van der Waals surface area contributed by atoms with Crippen LogP contribution in [-0.4, -0.2) is 33.6 Å². The van der Waals surface area contributed by atoms with Gasteiger partial charge in [-0.1, -0.05) is 12.1 Å². The van der Waals surface area contributed by atoms with Gasteiger partial charge in [0.25, 0.3) is 0 Å². The van der Waals surface area contributed by atoms with Crippen LogP contribution in [0.5, 0.6) is 0 Å². The molecule has 30 heavy (non-hydrogen) atoms. The predicted octanol–water partition coefficient (Wildman–Crippen LogP) is 4.08. The Hall–Kier alpha value is -2.89. The van der Waals surface area contributed by atoms with Gasteiger partial charge >= 0.3 is 0 Å². The molecule has 0 saturated carbocycles. The number of carbonyl (C=O) groups excluding carboxylic acids is 1. The van der Waals surface area contributed by atoms with Gasteiger partial charge in [-0.2, -0.15) is 5.10 Å². The predicted molar refractivity (Wildman–Crippen MR) is 119 cm³/mol. The van der Waals surface area contributed by atoms with Crippen molar-refractivity contribution in [2.45, 2.75) is 52.4 Å². The highest BCUT2D eigenvalue weighted by Crippen LogP contribution is 2.32. The minimum absolute atomic E-state index is 0.0414. The van der Waals surface area contributed by atoms with E-state index in [1.165, 1.54) is 35.2 Å². The second-order valence-electron chi connectivity index (χ2n) is 8.67. The number of carbonyl (C=O) groups is 1. The molecule has 3 aromatic rings. The number of nitrogens with zero attached hydrogens (tertiary/aromatic N) is 4. The zero-order chi connectivity index (χ0) is 20.7. The molecule has 0 bridgehead atoms. The summed E-state index contributed by atoms with van der Waals surface area (Å²) in [5.41, 5.74) is 7.05. The highest BCUT2D eigenvalue weighted by atomic mass is 16.1. The number of piperidine rings is 1. The summed E-state index contributed by atoms with van der Waals surface area (Å²) in [5, 5.41) is 7.95. The molecule has 1 aliphatic heterocycles. The first-order valence-electron chi connectivity index (χ1n) is 11.1. The number of rotatable bonds is 3. The van der Waals surface area contributed by atoms with Gasteiger partial charge < -0.3 is 10.2 Å². The number of amides is 1. The number of aromatic nitrogens is 3. The van der Waals surface area contributed by atoms with Crippen LogP contribution in [0, 0.1) is 19.8 Å². The summed E-state index contributed by atoms with van der Waals surface area (Å²) in [6.07, 6.45) is 10.1. The molecule has 2 aliphatic rings. The third kappa shape index (κ3) is 3.34. The van der Waals surface area contributed by atoms with Crippen LogP contribution in [0.25, 0.3) is 5.52 Å². The molecule has 3 heterocycles. The van der Waals surface area contributed by atoms with Crippen molar-refractivity contribution < 1.29 is 4.79 Å². The van der Waals surface area contributed by atoms with E-state index in [1.54, 1.807) is 0 Å². The lowest BCUT2D eigenvalue weighted by atomic mass is 9.94. The monoisotopic (exact) mass is 403 g/mol. The minimum atomic E-state index is 0.0414. The lowest BCUT2D eigenvalue weighted by molar-refractivity contribution is -0.120. The molecule has 5 rings (SSSR count). The molecule has 1 amide bonds. The second kappa shape index (κ2) is 7.74. The molecule has 6 heteroatoms. The van der Waals surface area contributed by atoms with Gasteiger partial charge in [-0.25, -0.2) is 9.50 Å². The van der Waals surface area contributed by atoms with Gasteiger partial charge in [0, 0.05) is 42.7 Å². The Labute approximate surface area is 177 Å². The second-order valence-corrected chi connectivity index (χ2v) is 8.67. The van der Waals surface area contributed by atoms with Crippen molar-refractivity contribution in [1.29, 1.82) is 0 Å². The summed E-state index contributed by atoms with van der Waals surface area (Å²) in [6, 6.07) is 6.06. The van der Waals surface area contributed by atoms with Crippen LogP contribution in [0.15, 0.2) is 30.6 Å². The van der Waals surface area contributed by atoms with Gasteiger partial charge in [0.2, 0.25) is 5.91 Å². The smallest absolute Gasteiger partial charge is 0.227 e. The molecule has 0 unspecified atom stereocenters. The standard InChI is InChI=1S/C24H29N5O/c1-16-6-5-9-20(17(16)2)26-24(30)18-10-13-28(14-11-18)23-22-19-7-3-4-8-21(19)27-29(22)15-12-25-23/h5-6,9,12,15,18H,3-4,7-8,10-11,13-14H2,1-2H3,(H,26,30). The van der Waals surface area contributed by atoms with Crippen molar-refractivity contribution >= 4 is 22.9 Å². The molecule has 0 radical (unpaired) electrons. The fraction of sp³-hybridized carbons (Fsp3) is 0.458. The number of benzene rings is 1. The molecular formula is C24H29N5O. The number of fused-ring (bicyclic) bond motifs is 3. The van der Waals surface area contributed by atoms with Crippen LogP contribution in [-0.2, 0) is 17.6 Å². The van der Waals surface area contributed by atoms with Gasteiger partial charge in [0.05, 0.1) is 5.69 Å². The van der Waals surface area contributed by atoms with Crippen LogP contribution < -0.4 is 10.2 Å². The molecule has 156 valence electrons. The third-order valence-corrected chi connectivity index (χ3v) is 6.83. The van der Waals surface area contributed by atoms with Crippen LogP contribution in [0.3, 0.4) is 0 Å². The quantitative estimate of drug-likeness (QED) is 0.716. The van der Waals surface area contributed by atoms with E-state index in [-0.39, 0.29) is 11.8 Å². The van der Waals surface area contributed by atoms with E-state index in [1.807, 2.05) is 29.0 Å². The fourth-order valence-electron chi connectivity index (χ4n) is 4.85. The van der Waals surface area contributed by atoms with E-state index in [4.69, 9.17) is 10.1 Å². The number of hydrogen-bond donors (Lipinski definition) is 1. The Bertz CT molecular complexity index is 1090. The molecule has 1 aromatic carbocycles. The zero-order valence-corrected chi connectivity index (χ0v) is 17.8. The maximum atomic E-state index is 12.9. The molecule has 0 spiro atoms. The highest BCUT2D eigenvalue weighted by Gasteiger charge is 2.28. The SMILES string of the molecule is Cc1cccc(NC(=O)C2CCN(c3nccn4nc5c(c34)CCCC5)CC2)c1C. The van der Waals surface area contributed by atoms with Crippen molar-refractivity contribution in [3.8, 4) is 0 Å². The van der Waals surface area contributed by atoms with Gasteiger partial charge in [-0.3, -0.25) is 4.79 Å². The fourth-order valence-corrected chi connectivity index (χ4v) is 4.85. The van der Waals surface area contributed by atoms with E-state index in [0.717, 1.165) is 55.8 Å². The first kappa shape index (κ1) is 19.1. The summed E-state index contributed by atoms with van der Waals surface area (Å²) in [7, 11) is 0. The van der Waals surface area contributed by atoms with Crippen LogP contribution in [0.2, 0.25) is 0 Å². The minimum Gasteiger partial charge on any atom is -0.355 e. The van der Waals surface area contributed by atoms with Crippen molar-refractivity contribution in [3.63, 3.8) is 0 Å². The first-order valence-corrected chi connectivity index (χ1v) is 11.1. The molecule has 6 nitrogen and oxygen atoms in total. The Balaban J connectivity index is 1.31. The average Bonchev–Trinajstić information content (AvgIpc) is 3.16. The van der Waals surface area contributed by atoms with Gasteiger partial charge in [-0.05, 0) is 69.6 Å². The first-order chi connectivity index (χ1) is 14.6. The molecule has 1 N–H and O–H groups in total. The van der Waals surface area contributed by atoms with Crippen LogP contribution >= 0.6 is 0 Å². The average molecular weight is 404 g/mol. The Kier molecular flexibility index (Phi) is 4.93. The van der Waals surface area contributed by atoms with E-state index in [0.29, 0.717) is 0 Å². The normalized spacial score (nSPS) is 17.2. The van der Waals surface area contributed by atoms with Crippen molar-refractivity contribution in [1.82, 2.24) is 14.6 Å². The summed E-state index contributed by atoms with van der Waals surface area (Å²) < 4.78 is 2.01. The van der Waals surface area contributed by atoms with E-state index >= 15 is 0 Å². The van der Waals surface area contributed by atoms with Crippen LogP contribution in [0.4, 0.5) is 11.5 Å². The number of nitrogens with one attached hydrogen (secondary N) is 1. The Morgan fingerprint density at radius 3 is 2.77 bits per heavy atom. The Morgan fingerprint density at radius 2 is 1.93 bits per heavy atom. The Morgan fingerprint density at radius 1 is 1.13 bits per heavy atom. The van der Waals surface area contributed by atoms with Gasteiger partial charge in [0.15, 0.2) is 5.82 Å². The topological polar surface area (TPSA) is 62.5 Å². The van der Waals surface area contributed by atoms with E-state index < -0.39 is 0 Å². The lowest BCUT2D eigenvalue weighted by Crippen LogP contribution is -2.39. The van der Waals surface area contributed by atoms with Crippen molar-refractivity contribution in [3.05, 3.63) is 53.0 Å². The van der Waals surface area contributed by atoms with Gasteiger partial charge in [-0.15, -0.1) is 0 Å². The summed E-state index contributed by atoms with van der Waals surface area (Å²) in [4.78, 5) is 20.0. The molecular weight excluding hydrogens is 374 g/mol. The molecule has 1 fully saturated rings. The zero-order valence-electron chi connectivity index (χ0n) is 17.8. The molecule has 1 saturated heterocycles. The van der Waals surface area contributed by atoms with E-state index in [9.17, 15) is 4.79 Å².